The van der Waals surface area contributed by atoms with Crippen LogP contribution in [0.25, 0.3) is 0 Å². The van der Waals surface area contributed by atoms with Crippen LogP contribution in [0.3, 0.4) is 0 Å². The van der Waals surface area contributed by atoms with Gasteiger partial charge in [-0.2, -0.15) is 0 Å². The number of benzene rings is 1. The van der Waals surface area contributed by atoms with E-state index in [1.165, 1.54) is 5.56 Å². The van der Waals surface area contributed by atoms with Crippen molar-refractivity contribution in [1.29, 1.82) is 0 Å². The minimum Gasteiger partial charge on any atom is -0.311 e. The lowest BCUT2D eigenvalue weighted by Gasteiger charge is -2.02. The molecule has 1 aromatic heterocycles. The van der Waals surface area contributed by atoms with Crippen molar-refractivity contribution < 1.29 is 0 Å². The lowest BCUT2D eigenvalue weighted by molar-refractivity contribution is 0.670. The van der Waals surface area contributed by atoms with Crippen molar-refractivity contribution in [2.24, 2.45) is 7.05 Å². The van der Waals surface area contributed by atoms with Gasteiger partial charge in [-0.05, 0) is 30.7 Å². The van der Waals surface area contributed by atoms with Crippen molar-refractivity contribution in [3.63, 3.8) is 0 Å². The molecule has 2 rings (SSSR count). The summed E-state index contributed by atoms with van der Waals surface area (Å²) in [6.45, 7) is 1.67. The van der Waals surface area contributed by atoms with Gasteiger partial charge in [-0.1, -0.05) is 28.9 Å². The number of hydrogen-bond donors (Lipinski definition) is 1. The quantitative estimate of drug-likeness (QED) is 0.823. The smallest absolute Gasteiger partial charge is 0.0964 e. The molecule has 0 radical (unpaired) electrons. The minimum atomic E-state index is 0.751. The van der Waals surface area contributed by atoms with E-state index in [0.717, 1.165) is 30.2 Å². The number of aryl methyl sites for hydroxylation is 1. The molecule has 17 heavy (non-hydrogen) atoms. The fourth-order valence-electron chi connectivity index (χ4n) is 1.58. The van der Waals surface area contributed by atoms with Crippen molar-refractivity contribution in [3.8, 4) is 0 Å². The molecule has 4 nitrogen and oxygen atoms in total. The summed E-state index contributed by atoms with van der Waals surface area (Å²) >= 11 is 5.82. The van der Waals surface area contributed by atoms with E-state index in [0.29, 0.717) is 0 Å². The van der Waals surface area contributed by atoms with E-state index in [9.17, 15) is 0 Å². The van der Waals surface area contributed by atoms with E-state index in [1.807, 2.05) is 37.5 Å². The molecule has 0 unspecified atom stereocenters. The van der Waals surface area contributed by atoms with Gasteiger partial charge in [0.1, 0.15) is 0 Å². The molecule has 1 heterocycles. The van der Waals surface area contributed by atoms with Crippen LogP contribution in [0.15, 0.2) is 30.5 Å². The summed E-state index contributed by atoms with van der Waals surface area (Å²) < 4.78 is 1.70. The van der Waals surface area contributed by atoms with Crippen LogP contribution in [0.4, 0.5) is 0 Å². The van der Waals surface area contributed by atoms with Crippen molar-refractivity contribution >= 4 is 11.6 Å². The third-order valence-electron chi connectivity index (χ3n) is 2.46. The molecule has 0 bridgehead atoms. The van der Waals surface area contributed by atoms with Gasteiger partial charge in [-0.25, -0.2) is 0 Å². The molecule has 0 saturated heterocycles. The summed E-state index contributed by atoms with van der Waals surface area (Å²) in [5.41, 5.74) is 2.24. The topological polar surface area (TPSA) is 42.7 Å². The fraction of sp³-hybridized carbons (Fsp3) is 0.333. The van der Waals surface area contributed by atoms with Crippen molar-refractivity contribution in [1.82, 2.24) is 20.3 Å². The van der Waals surface area contributed by atoms with Gasteiger partial charge in [-0.15, -0.1) is 5.10 Å². The monoisotopic (exact) mass is 250 g/mol. The maximum atomic E-state index is 5.82. The lowest BCUT2D eigenvalue weighted by Crippen LogP contribution is -2.16. The van der Waals surface area contributed by atoms with E-state index < -0.39 is 0 Å². The highest BCUT2D eigenvalue weighted by atomic mass is 35.5. The zero-order valence-electron chi connectivity index (χ0n) is 9.73. The molecule has 0 aliphatic heterocycles. The highest BCUT2D eigenvalue weighted by molar-refractivity contribution is 6.30. The van der Waals surface area contributed by atoms with Crippen LogP contribution >= 0.6 is 11.6 Å². The molecule has 0 saturated carbocycles. The van der Waals surface area contributed by atoms with Gasteiger partial charge >= 0.3 is 0 Å². The van der Waals surface area contributed by atoms with Gasteiger partial charge < -0.3 is 5.32 Å². The number of hydrogen-bond acceptors (Lipinski definition) is 3. The molecule has 90 valence electrons. The first-order valence-corrected chi connectivity index (χ1v) is 5.92. The highest BCUT2D eigenvalue weighted by Gasteiger charge is 1.97. The summed E-state index contributed by atoms with van der Waals surface area (Å²) in [6, 6.07) is 7.93. The van der Waals surface area contributed by atoms with Crippen LogP contribution in [-0.2, 0) is 20.0 Å². The molecule has 5 heteroatoms. The van der Waals surface area contributed by atoms with Gasteiger partial charge in [0, 0.05) is 24.8 Å². The summed E-state index contributed by atoms with van der Waals surface area (Å²) in [5, 5.41) is 12.0. The number of aromatic nitrogens is 3. The van der Waals surface area contributed by atoms with Gasteiger partial charge in [0.2, 0.25) is 0 Å². The second-order valence-corrected chi connectivity index (χ2v) is 4.37. The molecule has 0 fully saturated rings. The highest BCUT2D eigenvalue weighted by Crippen LogP contribution is 2.09. The van der Waals surface area contributed by atoms with Crippen LogP contribution in [0.5, 0.6) is 0 Å². The van der Waals surface area contributed by atoms with Crippen LogP contribution in [0.1, 0.15) is 11.3 Å². The molecule has 0 amide bonds. The third-order valence-corrected chi connectivity index (χ3v) is 2.71. The van der Waals surface area contributed by atoms with Gasteiger partial charge in [-0.3, -0.25) is 4.68 Å². The summed E-state index contributed by atoms with van der Waals surface area (Å²) in [5.74, 6) is 0. The molecule has 0 atom stereocenters. The van der Waals surface area contributed by atoms with E-state index in [-0.39, 0.29) is 0 Å². The number of nitrogens with zero attached hydrogens (tertiary/aromatic N) is 3. The van der Waals surface area contributed by atoms with Crippen molar-refractivity contribution in [2.45, 2.75) is 13.0 Å². The Morgan fingerprint density at radius 3 is 2.71 bits per heavy atom. The van der Waals surface area contributed by atoms with Crippen molar-refractivity contribution in [2.75, 3.05) is 6.54 Å². The zero-order valence-corrected chi connectivity index (χ0v) is 10.5. The van der Waals surface area contributed by atoms with Crippen LogP contribution in [0.2, 0.25) is 5.02 Å². The predicted molar refractivity (Wildman–Crippen MR) is 67.9 cm³/mol. The summed E-state index contributed by atoms with van der Waals surface area (Å²) in [6.07, 6.45) is 2.90. The van der Waals surface area contributed by atoms with Gasteiger partial charge in [0.05, 0.1) is 5.69 Å². The van der Waals surface area contributed by atoms with Crippen molar-refractivity contribution in [3.05, 3.63) is 46.7 Å². The molecule has 0 spiro atoms. The minimum absolute atomic E-state index is 0.751. The Hall–Kier alpha value is -1.39. The Labute approximate surface area is 106 Å². The molecule has 2 aromatic rings. The van der Waals surface area contributed by atoms with E-state index in [4.69, 9.17) is 11.6 Å². The Morgan fingerprint density at radius 1 is 1.29 bits per heavy atom. The Bertz CT molecular complexity index is 464. The first kappa shape index (κ1) is 12.1. The third kappa shape index (κ3) is 3.84. The normalized spacial score (nSPS) is 10.7. The van der Waals surface area contributed by atoms with E-state index in [1.54, 1.807) is 4.68 Å². The maximum Gasteiger partial charge on any atom is 0.0964 e. The van der Waals surface area contributed by atoms with E-state index >= 15 is 0 Å². The largest absolute Gasteiger partial charge is 0.311 e. The Balaban J connectivity index is 1.71. The van der Waals surface area contributed by atoms with Crippen LogP contribution in [-0.4, -0.2) is 21.5 Å². The van der Waals surface area contributed by atoms with Crippen LogP contribution < -0.4 is 5.32 Å². The van der Waals surface area contributed by atoms with Crippen LogP contribution in [0, 0.1) is 0 Å². The maximum absolute atomic E-state index is 5.82. The first-order chi connectivity index (χ1) is 8.24. The molecule has 0 aliphatic rings. The van der Waals surface area contributed by atoms with Gasteiger partial charge in [0.25, 0.3) is 0 Å². The number of rotatable bonds is 5. The molecule has 1 N–H and O–H groups in total. The molecule has 0 aliphatic carbocycles. The summed E-state index contributed by atoms with van der Waals surface area (Å²) in [4.78, 5) is 0. The average Bonchev–Trinajstić information content (AvgIpc) is 2.73. The number of halogens is 1. The molecular formula is C12H15ClN4. The first-order valence-electron chi connectivity index (χ1n) is 5.54. The SMILES string of the molecule is Cn1cc(CNCCc2ccc(Cl)cc2)nn1. The second-order valence-electron chi connectivity index (χ2n) is 3.94. The summed E-state index contributed by atoms with van der Waals surface area (Å²) in [7, 11) is 1.87. The Kier molecular flexibility index (Phi) is 4.12. The van der Waals surface area contributed by atoms with Gasteiger partial charge in [0.15, 0.2) is 0 Å². The average molecular weight is 251 g/mol. The molecule has 1 aromatic carbocycles. The predicted octanol–water partition coefficient (Wildman–Crippen LogP) is 1.80. The second kappa shape index (κ2) is 5.80. The van der Waals surface area contributed by atoms with E-state index in [2.05, 4.69) is 15.6 Å². The Morgan fingerprint density at radius 2 is 2.06 bits per heavy atom. The standard InChI is InChI=1S/C12H15ClN4/c1-17-9-12(15-16-17)8-14-7-6-10-2-4-11(13)5-3-10/h2-5,9,14H,6-8H2,1H3. The molecular weight excluding hydrogens is 236 g/mol. The fourth-order valence-corrected chi connectivity index (χ4v) is 1.70. The number of nitrogens with one attached hydrogen (secondary N) is 1. The lowest BCUT2D eigenvalue weighted by atomic mass is 10.1. The zero-order chi connectivity index (χ0) is 12.1.